The van der Waals surface area contributed by atoms with Gasteiger partial charge in [0.15, 0.2) is 21.5 Å². The van der Waals surface area contributed by atoms with Crippen LogP contribution in [0.25, 0.3) is 11.5 Å². The van der Waals surface area contributed by atoms with Crippen molar-refractivity contribution in [3.05, 3.63) is 28.2 Å². The molecule has 2 aromatic rings. The molecule has 0 bridgehead atoms. The summed E-state index contributed by atoms with van der Waals surface area (Å²) < 4.78 is 43.2. The molecular weight excluding hydrogens is 377 g/mol. The molecule has 0 saturated heterocycles. The molecule has 0 fully saturated rings. The van der Waals surface area contributed by atoms with E-state index in [1.54, 1.807) is 7.05 Å². The highest BCUT2D eigenvalue weighted by atomic mass is 79.9. The first kappa shape index (κ1) is 17.0. The van der Waals surface area contributed by atoms with Gasteiger partial charge in [0.1, 0.15) is 4.90 Å². The first-order valence-electron chi connectivity index (χ1n) is 6.41. The highest BCUT2D eigenvalue weighted by Gasteiger charge is 2.22. The fourth-order valence-corrected chi connectivity index (χ4v) is 3.20. The predicted molar refractivity (Wildman–Crippen MR) is 82.7 cm³/mol. The van der Waals surface area contributed by atoms with E-state index in [-0.39, 0.29) is 17.5 Å². The summed E-state index contributed by atoms with van der Waals surface area (Å²) >= 11 is 3.16. The van der Waals surface area contributed by atoms with Crippen molar-refractivity contribution in [2.45, 2.75) is 24.3 Å². The second kappa shape index (κ2) is 6.43. The number of hydrogen-bond donors (Lipinski definition) is 1. The molecule has 120 valence electrons. The van der Waals surface area contributed by atoms with Gasteiger partial charge in [0.05, 0.1) is 5.56 Å². The summed E-state index contributed by atoms with van der Waals surface area (Å²) in [7, 11) is -1.90. The third-order valence-electron chi connectivity index (χ3n) is 3.08. The Labute approximate surface area is 136 Å². The molecule has 0 aliphatic heterocycles. The molecule has 1 aromatic heterocycles. The van der Waals surface area contributed by atoms with Gasteiger partial charge in [0.25, 0.3) is 5.89 Å². The Hall–Kier alpha value is -1.32. The predicted octanol–water partition coefficient (Wildman–Crippen LogP) is 2.19. The summed E-state index contributed by atoms with van der Waals surface area (Å²) in [6.45, 7) is 1.94. The first-order chi connectivity index (χ1) is 10.2. The lowest BCUT2D eigenvalue weighted by atomic mass is 10.2. The van der Waals surface area contributed by atoms with E-state index < -0.39 is 20.5 Å². The van der Waals surface area contributed by atoms with E-state index in [1.807, 2.05) is 6.92 Å². The van der Waals surface area contributed by atoms with Crippen molar-refractivity contribution >= 4 is 25.8 Å². The molecule has 0 amide bonds. The van der Waals surface area contributed by atoms with E-state index >= 15 is 0 Å². The number of rotatable bonds is 5. The lowest BCUT2D eigenvalue weighted by Crippen LogP contribution is -2.24. The van der Waals surface area contributed by atoms with Gasteiger partial charge in [-0.3, -0.25) is 0 Å². The SMILES string of the molecule is CNC(C)Cc1noc(-c2cc(Br)cc(S(C)(=O)=O)c2F)n1. The minimum atomic E-state index is -3.71. The zero-order valence-corrected chi connectivity index (χ0v) is 14.6. The fraction of sp³-hybridized carbons (Fsp3) is 0.385. The maximum Gasteiger partial charge on any atom is 0.260 e. The number of halogens is 2. The van der Waals surface area contributed by atoms with E-state index in [0.29, 0.717) is 16.7 Å². The molecule has 1 atom stereocenters. The molecule has 6 nitrogen and oxygen atoms in total. The van der Waals surface area contributed by atoms with Crippen LogP contribution in [0.15, 0.2) is 26.0 Å². The molecule has 2 rings (SSSR count). The molecule has 1 aromatic carbocycles. The van der Waals surface area contributed by atoms with Gasteiger partial charge in [0.2, 0.25) is 0 Å². The largest absolute Gasteiger partial charge is 0.334 e. The fourth-order valence-electron chi connectivity index (χ4n) is 1.81. The van der Waals surface area contributed by atoms with Gasteiger partial charge < -0.3 is 9.84 Å². The average molecular weight is 392 g/mol. The monoisotopic (exact) mass is 391 g/mol. The Bertz CT molecular complexity index is 792. The minimum absolute atomic E-state index is 0.0503. The Morgan fingerprint density at radius 2 is 2.14 bits per heavy atom. The van der Waals surface area contributed by atoms with Gasteiger partial charge in [0, 0.05) is 23.2 Å². The summed E-state index contributed by atoms with van der Waals surface area (Å²) in [5, 5.41) is 6.81. The van der Waals surface area contributed by atoms with Crippen LogP contribution in [0.1, 0.15) is 12.7 Å². The molecule has 1 unspecified atom stereocenters. The van der Waals surface area contributed by atoms with Crippen LogP contribution >= 0.6 is 15.9 Å². The molecule has 9 heteroatoms. The summed E-state index contributed by atoms with van der Waals surface area (Å²) in [5.41, 5.74) is -0.0503. The maximum atomic E-state index is 14.4. The van der Waals surface area contributed by atoms with E-state index in [9.17, 15) is 12.8 Å². The number of aromatic nitrogens is 2. The van der Waals surface area contributed by atoms with E-state index in [0.717, 1.165) is 6.26 Å². The van der Waals surface area contributed by atoms with Crippen LogP contribution in [0.3, 0.4) is 0 Å². The lowest BCUT2D eigenvalue weighted by molar-refractivity contribution is 0.415. The van der Waals surface area contributed by atoms with Crippen LogP contribution in [0.5, 0.6) is 0 Å². The number of nitrogens with one attached hydrogen (secondary N) is 1. The van der Waals surface area contributed by atoms with Gasteiger partial charge in [-0.15, -0.1) is 0 Å². The summed E-state index contributed by atoms with van der Waals surface area (Å²) in [5.74, 6) is -0.540. The zero-order valence-electron chi connectivity index (χ0n) is 12.2. The first-order valence-corrected chi connectivity index (χ1v) is 9.10. The zero-order chi connectivity index (χ0) is 16.5. The normalized spacial score (nSPS) is 13.3. The van der Waals surface area contributed by atoms with Gasteiger partial charge in [-0.2, -0.15) is 4.98 Å². The number of benzene rings is 1. The summed E-state index contributed by atoms with van der Waals surface area (Å²) in [6, 6.07) is 2.74. The second-order valence-corrected chi connectivity index (χ2v) is 7.85. The Morgan fingerprint density at radius 1 is 1.45 bits per heavy atom. The van der Waals surface area contributed by atoms with Crippen molar-refractivity contribution in [3.63, 3.8) is 0 Å². The topological polar surface area (TPSA) is 85.1 Å². The minimum Gasteiger partial charge on any atom is -0.334 e. The van der Waals surface area contributed by atoms with E-state index in [4.69, 9.17) is 4.52 Å². The maximum absolute atomic E-state index is 14.4. The lowest BCUT2D eigenvalue weighted by Gasteiger charge is -2.06. The highest BCUT2D eigenvalue weighted by molar-refractivity contribution is 9.10. The molecule has 0 aliphatic carbocycles. The number of likely N-dealkylation sites (N-methyl/N-ethyl adjacent to an activating group) is 1. The van der Waals surface area contributed by atoms with Crippen LogP contribution in [0.4, 0.5) is 4.39 Å². The van der Waals surface area contributed by atoms with Crippen LogP contribution in [-0.4, -0.2) is 37.9 Å². The molecular formula is C13H15BrFN3O3S. The van der Waals surface area contributed by atoms with Gasteiger partial charge in [-0.25, -0.2) is 12.8 Å². The molecule has 0 spiro atoms. The molecule has 0 saturated carbocycles. The highest BCUT2D eigenvalue weighted by Crippen LogP contribution is 2.30. The smallest absolute Gasteiger partial charge is 0.260 e. The third kappa shape index (κ3) is 3.71. The second-order valence-electron chi connectivity index (χ2n) is 4.95. The third-order valence-corrected chi connectivity index (χ3v) is 4.64. The van der Waals surface area contributed by atoms with E-state index in [1.165, 1.54) is 12.1 Å². The molecule has 0 aliphatic rings. The standard InChI is InChI=1S/C13H15BrFN3O3S/c1-7(16-2)4-11-17-13(21-18-11)9-5-8(14)6-10(12(9)15)22(3,19)20/h5-7,16H,4H2,1-3H3. The Kier molecular flexibility index (Phi) is 4.98. The van der Waals surface area contributed by atoms with E-state index in [2.05, 4.69) is 31.4 Å². The Morgan fingerprint density at radius 3 is 2.73 bits per heavy atom. The molecule has 22 heavy (non-hydrogen) atoms. The van der Waals surface area contributed by atoms with Crippen molar-refractivity contribution in [2.24, 2.45) is 0 Å². The van der Waals surface area contributed by atoms with Crippen LogP contribution < -0.4 is 5.32 Å². The van der Waals surface area contributed by atoms with Gasteiger partial charge in [-0.1, -0.05) is 21.1 Å². The number of hydrogen-bond acceptors (Lipinski definition) is 6. The van der Waals surface area contributed by atoms with Crippen molar-refractivity contribution in [3.8, 4) is 11.5 Å². The van der Waals surface area contributed by atoms with Gasteiger partial charge >= 0.3 is 0 Å². The van der Waals surface area contributed by atoms with Crippen LogP contribution in [0, 0.1) is 5.82 Å². The van der Waals surface area contributed by atoms with Crippen LogP contribution in [-0.2, 0) is 16.3 Å². The Balaban J connectivity index is 2.48. The number of sulfone groups is 1. The summed E-state index contributed by atoms with van der Waals surface area (Å²) in [6.07, 6.45) is 1.45. The van der Waals surface area contributed by atoms with Crippen molar-refractivity contribution in [1.82, 2.24) is 15.5 Å². The van der Waals surface area contributed by atoms with Crippen molar-refractivity contribution in [2.75, 3.05) is 13.3 Å². The van der Waals surface area contributed by atoms with Crippen molar-refractivity contribution < 1.29 is 17.3 Å². The van der Waals surface area contributed by atoms with Crippen molar-refractivity contribution in [1.29, 1.82) is 0 Å². The molecule has 1 heterocycles. The molecule has 1 N–H and O–H groups in total. The number of nitrogens with zero attached hydrogens (tertiary/aromatic N) is 2. The quantitative estimate of drug-likeness (QED) is 0.840. The van der Waals surface area contributed by atoms with Gasteiger partial charge in [-0.05, 0) is 26.1 Å². The average Bonchev–Trinajstić information content (AvgIpc) is 2.87. The van der Waals surface area contributed by atoms with Crippen LogP contribution in [0.2, 0.25) is 0 Å². The summed E-state index contributed by atoms with van der Waals surface area (Å²) in [4.78, 5) is 3.70. The molecule has 0 radical (unpaired) electrons.